The van der Waals surface area contributed by atoms with Crippen LogP contribution in [0, 0.1) is 0 Å². The van der Waals surface area contributed by atoms with Gasteiger partial charge in [-0.05, 0) is 130 Å². The molecular formula is C50H49Cl5N8O8. The van der Waals surface area contributed by atoms with Crippen LogP contribution in [0.1, 0.15) is 65.1 Å². The summed E-state index contributed by atoms with van der Waals surface area (Å²) in [4.78, 5) is 79.1. The van der Waals surface area contributed by atoms with E-state index >= 15 is 0 Å². The van der Waals surface area contributed by atoms with Gasteiger partial charge in [0.2, 0.25) is 12.1 Å². The molecule has 0 aromatic heterocycles. The second-order valence-corrected chi connectivity index (χ2v) is 17.3. The molecule has 372 valence electrons. The van der Waals surface area contributed by atoms with Gasteiger partial charge < -0.3 is 30.7 Å². The number of benzene rings is 5. The molecule has 71 heavy (non-hydrogen) atoms. The SMILES string of the molecule is CCOc1cc(NC(=O)c2cc(N=NC(C(C)=O)C(=O)Nc3ccc(NC(=O)C(N=Nc4ccc(Cl)c(C(=O)Nc5ccc(CCCl)c(OCC)c5)c4)C(C)=O)c(CCCl)c3)ccc2Cl)ccc1CCCl. The highest BCUT2D eigenvalue weighted by molar-refractivity contribution is 6.35. The summed E-state index contributed by atoms with van der Waals surface area (Å²) >= 11 is 30.8. The van der Waals surface area contributed by atoms with Crippen molar-refractivity contribution in [3.05, 3.63) is 129 Å². The lowest BCUT2D eigenvalue weighted by Crippen LogP contribution is -2.32. The van der Waals surface area contributed by atoms with Gasteiger partial charge in [0.1, 0.15) is 11.5 Å². The van der Waals surface area contributed by atoms with E-state index in [-0.39, 0.29) is 56.2 Å². The molecule has 0 heterocycles. The third kappa shape index (κ3) is 15.8. The van der Waals surface area contributed by atoms with Gasteiger partial charge in [0.15, 0.2) is 11.6 Å². The number of aryl methyl sites for hydroxylation is 3. The Balaban J connectivity index is 1.26. The molecule has 16 nitrogen and oxygen atoms in total. The maximum atomic E-state index is 13.6. The van der Waals surface area contributed by atoms with Crippen LogP contribution < -0.4 is 30.7 Å². The van der Waals surface area contributed by atoms with Crippen molar-refractivity contribution in [1.82, 2.24) is 0 Å². The van der Waals surface area contributed by atoms with Crippen LogP contribution in [0.25, 0.3) is 0 Å². The van der Waals surface area contributed by atoms with E-state index in [1.54, 1.807) is 24.3 Å². The van der Waals surface area contributed by atoms with Crippen molar-refractivity contribution in [3.63, 3.8) is 0 Å². The maximum Gasteiger partial charge on any atom is 0.258 e. The summed E-state index contributed by atoms with van der Waals surface area (Å²) in [5, 5.41) is 27.4. The van der Waals surface area contributed by atoms with Crippen LogP contribution >= 0.6 is 58.0 Å². The number of alkyl halides is 3. The highest BCUT2D eigenvalue weighted by Gasteiger charge is 2.26. The summed E-state index contributed by atoms with van der Waals surface area (Å²) in [5.74, 6) is -1.95. The summed E-state index contributed by atoms with van der Waals surface area (Å²) in [6.07, 6.45) is 1.37. The van der Waals surface area contributed by atoms with Crippen LogP contribution in [0.2, 0.25) is 10.0 Å². The minimum Gasteiger partial charge on any atom is -0.494 e. The zero-order chi connectivity index (χ0) is 51.6. The summed E-state index contributed by atoms with van der Waals surface area (Å²) < 4.78 is 11.4. The van der Waals surface area contributed by atoms with Crippen LogP contribution in [0.3, 0.4) is 0 Å². The first-order chi connectivity index (χ1) is 34.1. The number of ether oxygens (including phenoxy) is 2. The van der Waals surface area contributed by atoms with Crippen molar-refractivity contribution in [2.45, 2.75) is 59.0 Å². The molecule has 5 rings (SSSR count). The van der Waals surface area contributed by atoms with Gasteiger partial charge in [-0.25, -0.2) is 0 Å². The molecule has 0 bridgehead atoms. The summed E-state index contributed by atoms with van der Waals surface area (Å²) in [5.41, 5.74) is 4.02. The number of hydrogen-bond donors (Lipinski definition) is 4. The quantitative estimate of drug-likeness (QED) is 0.0264. The number of hydrogen-bond acceptors (Lipinski definition) is 12. The van der Waals surface area contributed by atoms with E-state index in [1.165, 1.54) is 68.4 Å². The van der Waals surface area contributed by atoms with Gasteiger partial charge in [-0.15, -0.1) is 34.8 Å². The molecule has 2 unspecified atom stereocenters. The number of Topliss-reactive ketones (excluding diaryl/α,β-unsaturated/α-hetero) is 2. The van der Waals surface area contributed by atoms with Crippen LogP contribution in [0.5, 0.6) is 11.5 Å². The monoisotopic (exact) mass is 1060 g/mol. The third-order valence-corrected chi connectivity index (χ3v) is 11.4. The lowest BCUT2D eigenvalue weighted by molar-refractivity contribution is -0.127. The molecule has 21 heteroatoms. The van der Waals surface area contributed by atoms with Crippen molar-refractivity contribution in [3.8, 4) is 11.5 Å². The smallest absolute Gasteiger partial charge is 0.258 e. The van der Waals surface area contributed by atoms with E-state index in [9.17, 15) is 28.8 Å². The number of ketones is 2. The Labute approximate surface area is 435 Å². The van der Waals surface area contributed by atoms with Crippen molar-refractivity contribution in [2.24, 2.45) is 20.5 Å². The van der Waals surface area contributed by atoms with E-state index in [1.807, 2.05) is 26.0 Å². The lowest BCUT2D eigenvalue weighted by Gasteiger charge is -2.15. The van der Waals surface area contributed by atoms with Crippen LogP contribution in [-0.4, -0.2) is 78.1 Å². The van der Waals surface area contributed by atoms with Gasteiger partial charge in [0, 0.05) is 52.5 Å². The summed E-state index contributed by atoms with van der Waals surface area (Å²) in [6.45, 7) is 6.86. The van der Waals surface area contributed by atoms with Gasteiger partial charge in [-0.2, -0.15) is 20.5 Å². The molecular weight excluding hydrogens is 1020 g/mol. The van der Waals surface area contributed by atoms with Crippen LogP contribution in [0.4, 0.5) is 34.1 Å². The van der Waals surface area contributed by atoms with Crippen molar-refractivity contribution < 1.29 is 38.2 Å². The minimum absolute atomic E-state index is 0.0568. The molecule has 0 fully saturated rings. The van der Waals surface area contributed by atoms with Gasteiger partial charge in [0.25, 0.3) is 23.6 Å². The first-order valence-corrected chi connectivity index (χ1v) is 24.4. The van der Waals surface area contributed by atoms with E-state index in [4.69, 9.17) is 67.5 Å². The molecule has 0 aliphatic rings. The van der Waals surface area contributed by atoms with E-state index in [0.29, 0.717) is 66.3 Å². The van der Waals surface area contributed by atoms with Crippen molar-refractivity contribution in [1.29, 1.82) is 0 Å². The maximum absolute atomic E-state index is 13.6. The molecule has 0 aliphatic heterocycles. The van der Waals surface area contributed by atoms with Crippen LogP contribution in [0.15, 0.2) is 111 Å². The average molecular weight is 1070 g/mol. The normalized spacial score (nSPS) is 12.0. The first-order valence-electron chi connectivity index (χ1n) is 22.1. The number of carbonyl (C=O) groups excluding carboxylic acids is 6. The molecule has 4 N–H and O–H groups in total. The zero-order valence-electron chi connectivity index (χ0n) is 38.9. The van der Waals surface area contributed by atoms with E-state index < -0.39 is 47.3 Å². The zero-order valence-corrected chi connectivity index (χ0v) is 42.7. The number of rotatable bonds is 24. The predicted octanol–water partition coefficient (Wildman–Crippen LogP) is 12.0. The Morgan fingerprint density at radius 3 is 1.34 bits per heavy atom. The molecule has 0 saturated heterocycles. The van der Waals surface area contributed by atoms with Gasteiger partial charge in [0.05, 0.1) is 45.8 Å². The largest absolute Gasteiger partial charge is 0.494 e. The molecule has 5 aromatic rings. The Morgan fingerprint density at radius 1 is 0.507 bits per heavy atom. The molecule has 5 aromatic carbocycles. The standard InChI is InChI=1S/C50H49Cl5N8O8/c1-5-70-43-26-34(9-7-30(43)17-20-51)56-47(66)38-24-36(11-14-40(38)54)60-62-45(28(3)64)49(68)58-33-13-16-42(32(23-33)19-22-53)59-50(69)46(29(4)65)63-61-37-12-15-41(55)39(25-37)48(67)57-35-10-8-31(18-21-52)44(27-35)71-6-2/h7-16,23-27,45-46H,5-6,17-22H2,1-4H3,(H,56,66)(H,57,67)(H,58,68)(H,59,69). The number of halogens is 5. The molecule has 0 spiro atoms. The van der Waals surface area contributed by atoms with Crippen LogP contribution in [-0.2, 0) is 38.4 Å². The number of anilines is 4. The highest BCUT2D eigenvalue weighted by atomic mass is 35.5. The average Bonchev–Trinajstić information content (AvgIpc) is 3.32. The molecule has 0 aliphatic carbocycles. The fraction of sp³-hybridized carbons (Fsp3) is 0.280. The summed E-state index contributed by atoms with van der Waals surface area (Å²) in [7, 11) is 0. The van der Waals surface area contributed by atoms with Crippen molar-refractivity contribution in [2.75, 3.05) is 52.1 Å². The minimum atomic E-state index is -1.60. The molecule has 0 saturated carbocycles. The summed E-state index contributed by atoms with van der Waals surface area (Å²) in [6, 6.07) is 20.2. The second kappa shape index (κ2) is 27.2. The Kier molecular flexibility index (Phi) is 21.3. The lowest BCUT2D eigenvalue weighted by atomic mass is 10.1. The van der Waals surface area contributed by atoms with Gasteiger partial charge in [-0.1, -0.05) is 35.3 Å². The molecule has 2 atom stereocenters. The first kappa shape index (κ1) is 55.5. The number of carbonyl (C=O) groups is 6. The Hall–Kier alpha value is -6.43. The third-order valence-electron chi connectivity index (χ3n) is 10.2. The topological polar surface area (TPSA) is 218 Å². The number of amides is 4. The Morgan fingerprint density at radius 2 is 0.915 bits per heavy atom. The fourth-order valence-electron chi connectivity index (χ4n) is 6.76. The van der Waals surface area contributed by atoms with E-state index in [0.717, 1.165) is 11.1 Å². The molecule has 0 radical (unpaired) electrons. The molecule has 4 amide bonds. The number of nitrogens with zero attached hydrogens (tertiary/aromatic N) is 4. The fourth-order valence-corrected chi connectivity index (χ4v) is 7.77. The second-order valence-electron chi connectivity index (χ2n) is 15.4. The van der Waals surface area contributed by atoms with E-state index in [2.05, 4.69) is 41.7 Å². The number of azo groups is 2. The van der Waals surface area contributed by atoms with Gasteiger partial charge >= 0.3 is 0 Å². The predicted molar refractivity (Wildman–Crippen MR) is 279 cm³/mol. The van der Waals surface area contributed by atoms with Crippen molar-refractivity contribution >= 4 is 127 Å². The Bertz CT molecular complexity index is 2850. The number of nitrogens with one attached hydrogen (secondary N) is 4. The highest BCUT2D eigenvalue weighted by Crippen LogP contribution is 2.30. The van der Waals surface area contributed by atoms with Gasteiger partial charge in [-0.3, -0.25) is 28.8 Å².